The number of ether oxygens (including phenoxy) is 1. The van der Waals surface area contributed by atoms with Gasteiger partial charge in [-0.25, -0.2) is 0 Å². The fourth-order valence-corrected chi connectivity index (χ4v) is 4.99. The number of rotatable bonds is 5. The normalized spacial score (nSPS) is 27.3. The Balaban J connectivity index is 0.00000289. The average Bonchev–Trinajstić information content (AvgIpc) is 3.35. The number of nitrogens with one attached hydrogen (secondary N) is 1. The number of hydrogen-bond donors (Lipinski definition) is 1. The van der Waals surface area contributed by atoms with Gasteiger partial charge in [0, 0.05) is 46.3 Å². The Bertz CT molecular complexity index is 751. The zero-order valence-electron chi connectivity index (χ0n) is 18.4. The summed E-state index contributed by atoms with van der Waals surface area (Å²) in [4.78, 5) is 10.6. The highest BCUT2D eigenvalue weighted by molar-refractivity contribution is 14.0. The van der Waals surface area contributed by atoms with Crippen molar-refractivity contribution in [1.82, 2.24) is 20.0 Å². The van der Waals surface area contributed by atoms with E-state index in [-0.39, 0.29) is 36.0 Å². The lowest BCUT2D eigenvalue weighted by Gasteiger charge is -2.36. The highest BCUT2D eigenvalue weighted by atomic mass is 127. The second-order valence-electron chi connectivity index (χ2n) is 8.77. The first-order valence-electron chi connectivity index (χ1n) is 11.1. The van der Waals surface area contributed by atoms with E-state index >= 15 is 0 Å². The van der Waals surface area contributed by atoms with Crippen LogP contribution in [-0.4, -0.2) is 98.4 Å². The van der Waals surface area contributed by atoms with Crippen LogP contribution in [0.3, 0.4) is 0 Å². The molecule has 0 spiro atoms. The maximum atomic E-state index is 12.6. The van der Waals surface area contributed by atoms with Crippen LogP contribution in [-0.2, 0) is 11.3 Å². The van der Waals surface area contributed by atoms with E-state index in [4.69, 9.17) is 4.74 Å². The SMILES string of the molecule is CN=C(NCC1CCN(CC(F)(F)F)C1)N1CC2OCCN(Cc3ccccc3)C2C1.I. The summed E-state index contributed by atoms with van der Waals surface area (Å²) in [5.74, 6) is 1.02. The van der Waals surface area contributed by atoms with Crippen molar-refractivity contribution in [1.29, 1.82) is 0 Å². The quantitative estimate of drug-likeness (QED) is 0.337. The van der Waals surface area contributed by atoms with Gasteiger partial charge in [-0.15, -0.1) is 24.0 Å². The Hall–Kier alpha value is -1.11. The summed E-state index contributed by atoms with van der Waals surface area (Å²) < 4.78 is 43.9. The molecule has 3 unspecified atom stereocenters. The zero-order valence-corrected chi connectivity index (χ0v) is 20.8. The van der Waals surface area contributed by atoms with Gasteiger partial charge in [-0.2, -0.15) is 13.2 Å². The molecule has 10 heteroatoms. The molecule has 4 rings (SSSR count). The molecule has 0 amide bonds. The summed E-state index contributed by atoms with van der Waals surface area (Å²) in [6.45, 7) is 4.95. The maximum absolute atomic E-state index is 12.6. The second-order valence-corrected chi connectivity index (χ2v) is 8.77. The number of alkyl halides is 3. The molecule has 0 radical (unpaired) electrons. The monoisotopic (exact) mass is 567 g/mol. The number of nitrogens with zero attached hydrogens (tertiary/aromatic N) is 4. The van der Waals surface area contributed by atoms with Crippen LogP contribution >= 0.6 is 24.0 Å². The van der Waals surface area contributed by atoms with Gasteiger partial charge in [-0.3, -0.25) is 14.8 Å². The fraction of sp³-hybridized carbons (Fsp3) is 0.682. The van der Waals surface area contributed by atoms with Crippen LogP contribution in [0.5, 0.6) is 0 Å². The van der Waals surface area contributed by atoms with E-state index in [1.165, 1.54) is 10.5 Å². The number of morpholine rings is 1. The summed E-state index contributed by atoms with van der Waals surface area (Å²) in [6, 6.07) is 10.8. The highest BCUT2D eigenvalue weighted by Crippen LogP contribution is 2.25. The first-order chi connectivity index (χ1) is 14.9. The Labute approximate surface area is 205 Å². The van der Waals surface area contributed by atoms with Gasteiger partial charge >= 0.3 is 6.18 Å². The van der Waals surface area contributed by atoms with E-state index < -0.39 is 12.7 Å². The molecule has 180 valence electrons. The average molecular weight is 567 g/mol. The van der Waals surface area contributed by atoms with Gasteiger partial charge in [-0.1, -0.05) is 30.3 Å². The maximum Gasteiger partial charge on any atom is 0.401 e. The minimum Gasteiger partial charge on any atom is -0.373 e. The zero-order chi connectivity index (χ0) is 21.8. The fourth-order valence-electron chi connectivity index (χ4n) is 4.99. The number of aliphatic imine (C=N–C) groups is 1. The van der Waals surface area contributed by atoms with Crippen molar-refractivity contribution in [3.8, 4) is 0 Å². The summed E-state index contributed by atoms with van der Waals surface area (Å²) in [5, 5.41) is 3.40. The van der Waals surface area contributed by atoms with Crippen molar-refractivity contribution in [2.75, 3.05) is 59.5 Å². The van der Waals surface area contributed by atoms with Gasteiger partial charge < -0.3 is 15.0 Å². The van der Waals surface area contributed by atoms with Crippen molar-refractivity contribution in [2.24, 2.45) is 10.9 Å². The van der Waals surface area contributed by atoms with Gasteiger partial charge in [0.1, 0.15) is 0 Å². The van der Waals surface area contributed by atoms with E-state index in [0.717, 1.165) is 45.2 Å². The molecule has 6 nitrogen and oxygen atoms in total. The van der Waals surface area contributed by atoms with Gasteiger partial charge in [-0.05, 0) is 24.4 Å². The van der Waals surface area contributed by atoms with Gasteiger partial charge in [0.15, 0.2) is 5.96 Å². The first kappa shape index (κ1) is 25.5. The molecule has 0 bridgehead atoms. The molecule has 3 saturated heterocycles. The second kappa shape index (κ2) is 11.3. The topological polar surface area (TPSA) is 43.3 Å². The molecule has 1 aromatic rings. The van der Waals surface area contributed by atoms with E-state index in [1.54, 1.807) is 7.05 Å². The third kappa shape index (κ3) is 6.71. The third-order valence-corrected chi connectivity index (χ3v) is 6.48. The van der Waals surface area contributed by atoms with Crippen LogP contribution in [0, 0.1) is 5.92 Å². The van der Waals surface area contributed by atoms with Gasteiger partial charge in [0.05, 0.1) is 25.3 Å². The minimum atomic E-state index is -4.13. The summed E-state index contributed by atoms with van der Waals surface area (Å²) in [6.07, 6.45) is -3.21. The van der Waals surface area contributed by atoms with Crippen LogP contribution in [0.1, 0.15) is 12.0 Å². The van der Waals surface area contributed by atoms with Crippen LogP contribution in [0.25, 0.3) is 0 Å². The van der Waals surface area contributed by atoms with E-state index in [9.17, 15) is 13.2 Å². The molecule has 32 heavy (non-hydrogen) atoms. The molecule has 1 aromatic carbocycles. The predicted molar refractivity (Wildman–Crippen MR) is 129 cm³/mol. The molecule has 1 N–H and O–H groups in total. The lowest BCUT2D eigenvalue weighted by molar-refractivity contribution is -0.143. The molecule has 0 aromatic heterocycles. The molecule has 3 atom stereocenters. The molecular weight excluding hydrogens is 534 g/mol. The summed E-state index contributed by atoms with van der Waals surface area (Å²) in [7, 11) is 1.76. The van der Waals surface area contributed by atoms with E-state index in [2.05, 4.69) is 44.4 Å². The molecule has 0 aliphatic carbocycles. The Morgan fingerprint density at radius 2 is 1.94 bits per heavy atom. The molecule has 3 aliphatic heterocycles. The first-order valence-corrected chi connectivity index (χ1v) is 11.1. The van der Waals surface area contributed by atoms with Crippen molar-refractivity contribution in [2.45, 2.75) is 31.3 Å². The highest BCUT2D eigenvalue weighted by Gasteiger charge is 2.41. The summed E-state index contributed by atoms with van der Waals surface area (Å²) in [5.41, 5.74) is 1.30. The minimum absolute atomic E-state index is 0. The number of likely N-dealkylation sites (tertiary alicyclic amines) is 2. The van der Waals surface area contributed by atoms with Crippen LogP contribution in [0.2, 0.25) is 0 Å². The standard InChI is InChI=1S/C22H32F3N5O.HI/c1-26-21(27-11-18-7-8-28(12-18)16-22(23,24)25)30-14-19-20(15-30)31-10-9-29(19)13-17-5-3-2-4-6-17;/h2-6,18-20H,7-16H2,1H3,(H,26,27);1H. The molecule has 3 heterocycles. The smallest absolute Gasteiger partial charge is 0.373 e. The Morgan fingerprint density at radius 1 is 1.16 bits per heavy atom. The lowest BCUT2D eigenvalue weighted by atomic mass is 10.1. The number of guanidine groups is 1. The van der Waals surface area contributed by atoms with Crippen LogP contribution in [0.4, 0.5) is 13.2 Å². The Kier molecular flexibility index (Phi) is 9.05. The number of fused-ring (bicyclic) bond motifs is 1. The van der Waals surface area contributed by atoms with Crippen molar-refractivity contribution >= 4 is 29.9 Å². The number of hydrogen-bond acceptors (Lipinski definition) is 4. The van der Waals surface area contributed by atoms with Crippen molar-refractivity contribution in [3.05, 3.63) is 35.9 Å². The summed E-state index contributed by atoms with van der Waals surface area (Å²) >= 11 is 0. The molecule has 3 aliphatic rings. The van der Waals surface area contributed by atoms with Crippen molar-refractivity contribution in [3.63, 3.8) is 0 Å². The van der Waals surface area contributed by atoms with Gasteiger partial charge in [0.2, 0.25) is 0 Å². The van der Waals surface area contributed by atoms with Crippen molar-refractivity contribution < 1.29 is 17.9 Å². The predicted octanol–water partition coefficient (Wildman–Crippen LogP) is 2.65. The molecular formula is C22H33F3IN5O. The number of halogens is 4. The Morgan fingerprint density at radius 3 is 2.66 bits per heavy atom. The number of benzene rings is 1. The van der Waals surface area contributed by atoms with E-state index in [1.807, 2.05) is 6.07 Å². The third-order valence-electron chi connectivity index (χ3n) is 6.48. The lowest BCUT2D eigenvalue weighted by Crippen LogP contribution is -2.50. The largest absolute Gasteiger partial charge is 0.401 e. The molecule has 3 fully saturated rings. The van der Waals surface area contributed by atoms with Crippen LogP contribution < -0.4 is 5.32 Å². The molecule has 0 saturated carbocycles. The van der Waals surface area contributed by atoms with E-state index in [0.29, 0.717) is 25.7 Å². The van der Waals surface area contributed by atoms with Crippen LogP contribution in [0.15, 0.2) is 35.3 Å². The van der Waals surface area contributed by atoms with Gasteiger partial charge in [0.25, 0.3) is 0 Å².